The number of hydrogen-bond acceptors (Lipinski definition) is 4. The van der Waals surface area contributed by atoms with E-state index in [-0.39, 0.29) is 11.9 Å². The van der Waals surface area contributed by atoms with Gasteiger partial charge in [0.15, 0.2) is 0 Å². The average Bonchev–Trinajstić information content (AvgIpc) is 3.36. The van der Waals surface area contributed by atoms with Crippen LogP contribution in [-0.4, -0.2) is 70.7 Å². The van der Waals surface area contributed by atoms with Crippen molar-refractivity contribution in [3.05, 3.63) is 35.9 Å². The van der Waals surface area contributed by atoms with Gasteiger partial charge in [0, 0.05) is 39.3 Å². The van der Waals surface area contributed by atoms with Gasteiger partial charge in [-0.1, -0.05) is 30.3 Å². The number of amides is 1. The smallest absolute Gasteiger partial charge is 0.240 e. The van der Waals surface area contributed by atoms with Crippen LogP contribution in [0.3, 0.4) is 0 Å². The molecule has 1 N–H and O–H groups in total. The molecule has 0 radical (unpaired) electrons. The second-order valence-corrected chi connectivity index (χ2v) is 13.0. The molecule has 2 saturated heterocycles. The summed E-state index contributed by atoms with van der Waals surface area (Å²) in [6, 6.07) is 10.5. The Hall–Kier alpha value is -1.43. The minimum absolute atomic E-state index is 0.114. The van der Waals surface area contributed by atoms with Gasteiger partial charge in [-0.05, 0) is 91.9 Å². The number of aliphatic hydroxyl groups excluding tert-OH is 1. The number of fused-ring (bicyclic) bond motifs is 1. The van der Waals surface area contributed by atoms with Gasteiger partial charge in [0.25, 0.3) is 0 Å². The van der Waals surface area contributed by atoms with Crippen LogP contribution in [0.5, 0.6) is 0 Å². The molecule has 1 spiro atoms. The van der Waals surface area contributed by atoms with Gasteiger partial charge < -0.3 is 10.0 Å². The van der Waals surface area contributed by atoms with E-state index in [1.165, 1.54) is 44.1 Å². The van der Waals surface area contributed by atoms with E-state index in [2.05, 4.69) is 45.0 Å². The van der Waals surface area contributed by atoms with Gasteiger partial charge in [-0.3, -0.25) is 14.6 Å². The molecule has 0 aromatic heterocycles. The monoisotopic (exact) mass is 463 g/mol. The van der Waals surface area contributed by atoms with Crippen molar-refractivity contribution in [3.63, 3.8) is 0 Å². The number of aliphatic hydroxyl groups is 1. The molecule has 7 atom stereocenters. The largest absolute Gasteiger partial charge is 0.378 e. The number of rotatable bonds is 6. The van der Waals surface area contributed by atoms with Crippen LogP contribution in [0.15, 0.2) is 30.3 Å². The minimum Gasteiger partial charge on any atom is -0.378 e. The van der Waals surface area contributed by atoms with Crippen molar-refractivity contribution in [3.8, 4) is 0 Å². The summed E-state index contributed by atoms with van der Waals surface area (Å²) < 4.78 is 0. The first-order chi connectivity index (χ1) is 16.5. The fourth-order valence-electron chi connectivity index (χ4n) is 9.92. The predicted octanol–water partition coefficient (Wildman–Crippen LogP) is 3.72. The van der Waals surface area contributed by atoms with E-state index >= 15 is 0 Å². The van der Waals surface area contributed by atoms with Crippen molar-refractivity contribution in [1.29, 1.82) is 0 Å². The van der Waals surface area contributed by atoms with Crippen LogP contribution in [-0.2, 0) is 11.3 Å². The third-order valence-electron chi connectivity index (χ3n) is 11.0. The maximum Gasteiger partial charge on any atom is 0.240 e. The van der Waals surface area contributed by atoms with Crippen molar-refractivity contribution >= 4 is 5.91 Å². The first-order valence-corrected chi connectivity index (χ1v) is 14.0. The fourth-order valence-corrected chi connectivity index (χ4v) is 9.92. The Morgan fingerprint density at radius 3 is 2.68 bits per heavy atom. The predicted molar refractivity (Wildman–Crippen MR) is 132 cm³/mol. The highest BCUT2D eigenvalue weighted by molar-refractivity contribution is 5.82. The van der Waals surface area contributed by atoms with E-state index in [4.69, 9.17) is 0 Å². The molecule has 1 aromatic carbocycles. The van der Waals surface area contributed by atoms with Gasteiger partial charge in [0.2, 0.25) is 5.91 Å². The highest BCUT2D eigenvalue weighted by Gasteiger charge is 2.69. The van der Waals surface area contributed by atoms with Crippen LogP contribution in [0.2, 0.25) is 0 Å². The summed E-state index contributed by atoms with van der Waals surface area (Å²) in [6.45, 7) is 5.33. The zero-order valence-corrected chi connectivity index (χ0v) is 20.6. The highest BCUT2D eigenvalue weighted by Crippen LogP contribution is 2.78. The van der Waals surface area contributed by atoms with Gasteiger partial charge in [-0.25, -0.2) is 0 Å². The Morgan fingerprint density at radius 1 is 1.03 bits per heavy atom. The van der Waals surface area contributed by atoms with E-state index in [0.29, 0.717) is 10.8 Å². The Bertz CT molecular complexity index is 929. The van der Waals surface area contributed by atoms with Gasteiger partial charge in [0.05, 0.1) is 6.04 Å². The third kappa shape index (κ3) is 3.49. The lowest BCUT2D eigenvalue weighted by Gasteiger charge is -2.61. The molecule has 7 unspecified atom stereocenters. The molecule has 5 aliphatic carbocycles. The summed E-state index contributed by atoms with van der Waals surface area (Å²) in [5.74, 6) is 3.15. The first-order valence-electron chi connectivity index (χ1n) is 14.0. The molecule has 7 fully saturated rings. The number of carbonyl (C=O) groups excluding carboxylic acids is 1. The lowest BCUT2D eigenvalue weighted by molar-refractivity contribution is -0.144. The van der Waals surface area contributed by atoms with E-state index < -0.39 is 6.23 Å². The van der Waals surface area contributed by atoms with Crippen LogP contribution in [0.1, 0.15) is 63.4 Å². The van der Waals surface area contributed by atoms with Gasteiger partial charge >= 0.3 is 0 Å². The molecule has 5 heteroatoms. The summed E-state index contributed by atoms with van der Waals surface area (Å²) in [7, 11) is 0. The van der Waals surface area contributed by atoms with Crippen LogP contribution in [0, 0.1) is 28.6 Å². The normalized spacial score (nSPS) is 42.1. The molecule has 7 aliphatic rings. The first kappa shape index (κ1) is 21.8. The zero-order chi connectivity index (χ0) is 22.9. The molecule has 1 amide bonds. The van der Waals surface area contributed by atoms with Crippen LogP contribution < -0.4 is 0 Å². The SMILES string of the molecule is O=C(C1CCCN1C(O)CC12CC3CC4CC(C3)(C1)C4C2)N1CCN(Cc2ccccc2)CC1. The summed E-state index contributed by atoms with van der Waals surface area (Å²) >= 11 is 0. The van der Waals surface area contributed by atoms with Gasteiger partial charge in [0.1, 0.15) is 6.23 Å². The quantitative estimate of drug-likeness (QED) is 0.699. The standard InChI is InChI=1S/C29H41N3O2/c33-26(18-28-14-22-13-23-16-29(15-22,20-28)24(23)17-28)32-8-4-7-25(32)27(34)31-11-9-30(10-12-31)19-21-5-2-1-3-6-21/h1-3,5-6,22-26,33H,4,7-20H2. The lowest BCUT2D eigenvalue weighted by Crippen LogP contribution is -2.55. The molecular formula is C29H41N3O2. The Kier molecular flexibility index (Phi) is 5.16. The molecule has 5 nitrogen and oxygen atoms in total. The van der Waals surface area contributed by atoms with Crippen LogP contribution in [0.4, 0.5) is 0 Å². The van der Waals surface area contributed by atoms with Crippen molar-refractivity contribution in [2.45, 2.75) is 76.6 Å². The molecule has 8 rings (SSSR count). The van der Waals surface area contributed by atoms with E-state index in [0.717, 1.165) is 76.3 Å². The molecular weight excluding hydrogens is 422 g/mol. The second-order valence-electron chi connectivity index (χ2n) is 13.0. The van der Waals surface area contributed by atoms with Crippen molar-refractivity contribution in [2.75, 3.05) is 32.7 Å². The molecule has 4 bridgehead atoms. The maximum absolute atomic E-state index is 13.6. The van der Waals surface area contributed by atoms with Crippen molar-refractivity contribution in [2.24, 2.45) is 28.6 Å². The van der Waals surface area contributed by atoms with E-state index in [1.807, 2.05) is 0 Å². The van der Waals surface area contributed by atoms with E-state index in [1.54, 1.807) is 0 Å². The van der Waals surface area contributed by atoms with Crippen molar-refractivity contribution < 1.29 is 9.90 Å². The topological polar surface area (TPSA) is 47.0 Å². The fraction of sp³-hybridized carbons (Fsp3) is 0.759. The van der Waals surface area contributed by atoms with Crippen LogP contribution in [0.25, 0.3) is 0 Å². The summed E-state index contributed by atoms with van der Waals surface area (Å²) in [4.78, 5) is 20.3. The minimum atomic E-state index is -0.444. The van der Waals surface area contributed by atoms with E-state index in [9.17, 15) is 9.90 Å². The zero-order valence-electron chi connectivity index (χ0n) is 20.6. The summed E-state index contributed by atoms with van der Waals surface area (Å²) in [5, 5.41) is 11.5. The average molecular weight is 464 g/mol. The number of piperazine rings is 1. The summed E-state index contributed by atoms with van der Waals surface area (Å²) in [5.41, 5.74) is 2.36. The molecule has 1 aromatic rings. The summed E-state index contributed by atoms with van der Waals surface area (Å²) in [6.07, 6.45) is 10.9. The lowest BCUT2D eigenvalue weighted by atomic mass is 9.44. The molecule has 5 saturated carbocycles. The third-order valence-corrected chi connectivity index (χ3v) is 11.0. The number of likely N-dealkylation sites (tertiary alicyclic amines) is 1. The van der Waals surface area contributed by atoms with Crippen LogP contribution >= 0.6 is 0 Å². The number of benzene rings is 1. The molecule has 34 heavy (non-hydrogen) atoms. The molecule has 2 aliphatic heterocycles. The number of carbonyl (C=O) groups is 1. The van der Waals surface area contributed by atoms with Gasteiger partial charge in [-0.2, -0.15) is 0 Å². The molecule has 2 heterocycles. The Balaban J connectivity index is 0.969. The Labute approximate surface area is 204 Å². The number of hydrogen-bond donors (Lipinski definition) is 1. The number of nitrogens with zero attached hydrogens (tertiary/aromatic N) is 3. The highest BCUT2D eigenvalue weighted by atomic mass is 16.3. The molecule has 184 valence electrons. The maximum atomic E-state index is 13.6. The Morgan fingerprint density at radius 2 is 1.85 bits per heavy atom. The second kappa shape index (κ2) is 8.04. The van der Waals surface area contributed by atoms with Crippen molar-refractivity contribution in [1.82, 2.24) is 14.7 Å². The van der Waals surface area contributed by atoms with Gasteiger partial charge in [-0.15, -0.1) is 0 Å².